The van der Waals surface area contributed by atoms with Gasteiger partial charge in [0.1, 0.15) is 11.5 Å². The third-order valence-corrected chi connectivity index (χ3v) is 3.81. The average Bonchev–Trinajstić information content (AvgIpc) is 2.94. The Hall–Kier alpha value is -2.20. The predicted molar refractivity (Wildman–Crippen MR) is 85.8 cm³/mol. The van der Waals surface area contributed by atoms with Crippen LogP contribution >= 0.6 is 11.6 Å². The normalized spacial score (nSPS) is 10.9. The molecular weight excluding hydrogens is 301 g/mol. The Balaban J connectivity index is 2.21. The highest BCUT2D eigenvalue weighted by atomic mass is 35.5. The molecule has 3 nitrogen and oxygen atoms in total. The van der Waals surface area contributed by atoms with E-state index in [0.717, 1.165) is 16.8 Å². The smallest absolute Gasteiger partial charge is 0.128 e. The van der Waals surface area contributed by atoms with Crippen LogP contribution in [0.25, 0.3) is 16.9 Å². The highest BCUT2D eigenvalue weighted by Gasteiger charge is 2.16. The molecule has 0 spiro atoms. The Morgan fingerprint density at radius 1 is 1.14 bits per heavy atom. The van der Waals surface area contributed by atoms with Gasteiger partial charge in [-0.1, -0.05) is 35.0 Å². The number of aromatic nitrogens is 3. The third-order valence-electron chi connectivity index (χ3n) is 3.56. The molecule has 112 valence electrons. The molecule has 0 saturated heterocycles. The molecule has 3 aromatic rings. The number of hydrogen-bond donors (Lipinski definition) is 0. The first-order valence-electron chi connectivity index (χ1n) is 6.94. The summed E-state index contributed by atoms with van der Waals surface area (Å²) in [6.07, 6.45) is 0. The lowest BCUT2D eigenvalue weighted by molar-refractivity contribution is 0.615. The zero-order chi connectivity index (χ0) is 15.7. The molecule has 0 N–H and O–H groups in total. The average molecular weight is 316 g/mol. The van der Waals surface area contributed by atoms with Crippen molar-refractivity contribution >= 4 is 11.6 Å². The quantitative estimate of drug-likeness (QED) is 0.669. The lowest BCUT2D eigenvalue weighted by Crippen LogP contribution is -2.01. The summed E-state index contributed by atoms with van der Waals surface area (Å²) in [6, 6.07) is 13.0. The lowest BCUT2D eigenvalue weighted by atomic mass is 10.1. The summed E-state index contributed by atoms with van der Waals surface area (Å²) < 4.78 is 15.5. The molecule has 0 fully saturated rings. The lowest BCUT2D eigenvalue weighted by Gasteiger charge is -2.09. The van der Waals surface area contributed by atoms with Gasteiger partial charge in [0, 0.05) is 5.56 Å². The number of hydrogen-bond acceptors (Lipinski definition) is 2. The molecular formula is C17H15ClFN3. The van der Waals surface area contributed by atoms with Crippen LogP contribution in [0.15, 0.2) is 42.5 Å². The van der Waals surface area contributed by atoms with Gasteiger partial charge in [-0.15, -0.1) is 16.7 Å². The Morgan fingerprint density at radius 2 is 1.95 bits per heavy atom. The van der Waals surface area contributed by atoms with E-state index in [0.29, 0.717) is 16.9 Å². The van der Waals surface area contributed by atoms with Crippen LogP contribution < -0.4 is 0 Å². The molecule has 1 heterocycles. The van der Waals surface area contributed by atoms with Crippen molar-refractivity contribution < 1.29 is 4.39 Å². The van der Waals surface area contributed by atoms with Crippen molar-refractivity contribution in [1.29, 1.82) is 0 Å². The van der Waals surface area contributed by atoms with Crippen LogP contribution in [0.1, 0.15) is 16.8 Å². The number of halogens is 2. The number of benzene rings is 2. The van der Waals surface area contributed by atoms with Gasteiger partial charge < -0.3 is 0 Å². The first-order chi connectivity index (χ1) is 10.6. The van der Waals surface area contributed by atoms with E-state index in [9.17, 15) is 4.39 Å². The molecule has 0 aliphatic rings. The van der Waals surface area contributed by atoms with Gasteiger partial charge in [-0.2, -0.15) is 0 Å². The first-order valence-corrected chi connectivity index (χ1v) is 7.47. The summed E-state index contributed by atoms with van der Waals surface area (Å²) in [7, 11) is 0. The van der Waals surface area contributed by atoms with E-state index in [1.807, 2.05) is 37.3 Å². The number of alkyl halides is 1. The van der Waals surface area contributed by atoms with Gasteiger partial charge in [-0.05, 0) is 37.6 Å². The molecule has 0 saturated carbocycles. The van der Waals surface area contributed by atoms with Gasteiger partial charge in [0.05, 0.1) is 17.3 Å². The molecule has 1 aromatic heterocycles. The largest absolute Gasteiger partial charge is 0.212 e. The third kappa shape index (κ3) is 2.62. The van der Waals surface area contributed by atoms with Crippen molar-refractivity contribution in [2.24, 2.45) is 0 Å². The Labute approximate surface area is 133 Å². The van der Waals surface area contributed by atoms with E-state index in [-0.39, 0.29) is 11.7 Å². The van der Waals surface area contributed by atoms with E-state index in [1.54, 1.807) is 17.7 Å². The minimum atomic E-state index is -0.268. The molecule has 0 aliphatic carbocycles. The van der Waals surface area contributed by atoms with Gasteiger partial charge in [0.25, 0.3) is 0 Å². The number of nitrogens with zero attached hydrogens (tertiary/aromatic N) is 3. The first kappa shape index (κ1) is 14.7. The van der Waals surface area contributed by atoms with E-state index >= 15 is 0 Å². The van der Waals surface area contributed by atoms with Crippen LogP contribution in [0.3, 0.4) is 0 Å². The molecule has 0 unspecified atom stereocenters. The Morgan fingerprint density at radius 3 is 2.64 bits per heavy atom. The molecule has 0 radical (unpaired) electrons. The predicted octanol–water partition coefficient (Wildman–Crippen LogP) is 4.43. The van der Waals surface area contributed by atoms with E-state index in [2.05, 4.69) is 10.3 Å². The second-order valence-corrected chi connectivity index (χ2v) is 5.50. The SMILES string of the molecule is Cc1cccc(-c2c(CCl)nnn2-c2ccc(C)c(F)c2)c1. The maximum absolute atomic E-state index is 13.9. The highest BCUT2D eigenvalue weighted by molar-refractivity contribution is 6.17. The van der Waals surface area contributed by atoms with E-state index < -0.39 is 0 Å². The summed E-state index contributed by atoms with van der Waals surface area (Å²) in [4.78, 5) is 0. The highest BCUT2D eigenvalue weighted by Crippen LogP contribution is 2.27. The van der Waals surface area contributed by atoms with Crippen molar-refractivity contribution in [2.45, 2.75) is 19.7 Å². The minimum absolute atomic E-state index is 0.248. The molecule has 3 rings (SSSR count). The molecule has 5 heteroatoms. The van der Waals surface area contributed by atoms with Crippen LogP contribution in [0, 0.1) is 19.7 Å². The van der Waals surface area contributed by atoms with E-state index in [1.165, 1.54) is 6.07 Å². The second-order valence-electron chi connectivity index (χ2n) is 5.23. The summed E-state index contributed by atoms with van der Waals surface area (Å²) in [6.45, 7) is 3.75. The molecule has 0 atom stereocenters. The summed E-state index contributed by atoms with van der Waals surface area (Å²) in [5.74, 6) is -0.0203. The van der Waals surface area contributed by atoms with Crippen molar-refractivity contribution in [2.75, 3.05) is 0 Å². The summed E-state index contributed by atoms with van der Waals surface area (Å²) in [5, 5.41) is 8.28. The fourth-order valence-corrected chi connectivity index (χ4v) is 2.56. The van der Waals surface area contributed by atoms with Crippen molar-refractivity contribution in [3.05, 3.63) is 65.1 Å². The zero-order valence-electron chi connectivity index (χ0n) is 12.3. The van der Waals surface area contributed by atoms with Crippen LogP contribution in [0.4, 0.5) is 4.39 Å². The summed E-state index contributed by atoms with van der Waals surface area (Å²) >= 11 is 5.99. The van der Waals surface area contributed by atoms with Gasteiger partial charge in [0.15, 0.2) is 0 Å². The fourth-order valence-electron chi connectivity index (χ4n) is 2.38. The molecule has 0 aliphatic heterocycles. The van der Waals surface area contributed by atoms with Crippen molar-refractivity contribution in [3.63, 3.8) is 0 Å². The van der Waals surface area contributed by atoms with Gasteiger partial charge in [0.2, 0.25) is 0 Å². The fraction of sp³-hybridized carbons (Fsp3) is 0.176. The number of rotatable bonds is 3. The maximum Gasteiger partial charge on any atom is 0.128 e. The Bertz CT molecular complexity index is 827. The minimum Gasteiger partial charge on any atom is -0.212 e. The van der Waals surface area contributed by atoms with Crippen LogP contribution in [0.2, 0.25) is 0 Å². The van der Waals surface area contributed by atoms with Crippen LogP contribution in [-0.2, 0) is 5.88 Å². The van der Waals surface area contributed by atoms with Gasteiger partial charge in [-0.25, -0.2) is 9.07 Å². The zero-order valence-corrected chi connectivity index (χ0v) is 13.1. The van der Waals surface area contributed by atoms with Crippen LogP contribution in [-0.4, -0.2) is 15.0 Å². The van der Waals surface area contributed by atoms with Gasteiger partial charge >= 0.3 is 0 Å². The molecule has 0 bridgehead atoms. The molecule has 0 amide bonds. The topological polar surface area (TPSA) is 30.7 Å². The maximum atomic E-state index is 13.9. The van der Waals surface area contributed by atoms with Crippen molar-refractivity contribution in [1.82, 2.24) is 15.0 Å². The summed E-state index contributed by atoms with van der Waals surface area (Å²) in [5.41, 5.74) is 4.78. The van der Waals surface area contributed by atoms with Crippen LogP contribution in [0.5, 0.6) is 0 Å². The van der Waals surface area contributed by atoms with E-state index in [4.69, 9.17) is 11.6 Å². The second kappa shape index (κ2) is 5.89. The number of aryl methyl sites for hydroxylation is 2. The molecule has 2 aromatic carbocycles. The van der Waals surface area contributed by atoms with Gasteiger partial charge in [-0.3, -0.25) is 0 Å². The van der Waals surface area contributed by atoms with Crippen molar-refractivity contribution in [3.8, 4) is 16.9 Å². The molecule has 22 heavy (non-hydrogen) atoms. The monoisotopic (exact) mass is 315 g/mol. The Kier molecular flexibility index (Phi) is 3.94. The standard InChI is InChI=1S/C17H15ClFN3/c1-11-4-3-5-13(8-11)17-16(10-18)20-21-22(17)14-7-6-12(2)15(19)9-14/h3-9H,10H2,1-2H3.